The first kappa shape index (κ1) is 15.3. The summed E-state index contributed by atoms with van der Waals surface area (Å²) in [5, 5.41) is 14.5. The van der Waals surface area contributed by atoms with Crippen LogP contribution in [-0.2, 0) is 11.2 Å². The monoisotopic (exact) mass is 301 g/mol. The van der Waals surface area contributed by atoms with Gasteiger partial charge in [-0.1, -0.05) is 24.3 Å². The average Bonchev–Trinajstić information content (AvgIpc) is 2.50. The molecule has 0 aliphatic rings. The molecule has 0 aliphatic carbocycles. The summed E-state index contributed by atoms with van der Waals surface area (Å²) in [5.41, 5.74) is 3.10. The molecule has 2 aromatic carbocycles. The van der Waals surface area contributed by atoms with Crippen molar-refractivity contribution in [2.24, 2.45) is 5.10 Å². The molecule has 0 saturated heterocycles. The third kappa shape index (κ3) is 4.20. The molecule has 1 amide bonds. The van der Waals surface area contributed by atoms with Gasteiger partial charge in [-0.3, -0.25) is 14.9 Å². The minimum Gasteiger partial charge on any atom is -0.273 e. The zero-order valence-corrected chi connectivity index (χ0v) is 11.4. The number of hydrogen-bond acceptors (Lipinski definition) is 4. The molecular formula is C15H12FN3O3. The van der Waals surface area contributed by atoms with Crippen LogP contribution in [0.25, 0.3) is 0 Å². The van der Waals surface area contributed by atoms with Crippen LogP contribution in [-0.4, -0.2) is 17.0 Å². The summed E-state index contributed by atoms with van der Waals surface area (Å²) < 4.78 is 12.7. The number of rotatable bonds is 5. The minimum atomic E-state index is -0.526. The number of para-hydroxylation sites is 1. The summed E-state index contributed by atoms with van der Waals surface area (Å²) >= 11 is 0. The van der Waals surface area contributed by atoms with Gasteiger partial charge in [0.05, 0.1) is 23.1 Å². The molecule has 22 heavy (non-hydrogen) atoms. The van der Waals surface area contributed by atoms with Crippen LogP contribution in [0.3, 0.4) is 0 Å². The molecule has 112 valence electrons. The molecule has 0 saturated carbocycles. The van der Waals surface area contributed by atoms with Gasteiger partial charge in [-0.05, 0) is 23.8 Å². The lowest BCUT2D eigenvalue weighted by Crippen LogP contribution is -2.19. The third-order valence-electron chi connectivity index (χ3n) is 2.80. The number of halogens is 1. The van der Waals surface area contributed by atoms with Crippen molar-refractivity contribution in [2.75, 3.05) is 0 Å². The van der Waals surface area contributed by atoms with E-state index in [-0.39, 0.29) is 23.5 Å². The Morgan fingerprint density at radius 2 is 1.91 bits per heavy atom. The van der Waals surface area contributed by atoms with Crippen LogP contribution >= 0.6 is 0 Å². The Balaban J connectivity index is 1.96. The molecule has 7 heteroatoms. The van der Waals surface area contributed by atoms with Crippen LogP contribution in [0.5, 0.6) is 0 Å². The molecule has 0 atom stereocenters. The second-order valence-corrected chi connectivity index (χ2v) is 4.41. The lowest BCUT2D eigenvalue weighted by Gasteiger charge is -2.00. The Morgan fingerprint density at radius 3 is 2.59 bits per heavy atom. The Morgan fingerprint density at radius 1 is 1.23 bits per heavy atom. The van der Waals surface area contributed by atoms with Gasteiger partial charge in [0.1, 0.15) is 5.82 Å². The quantitative estimate of drug-likeness (QED) is 0.523. The first-order valence-electron chi connectivity index (χ1n) is 6.36. The molecule has 0 fully saturated rings. The summed E-state index contributed by atoms with van der Waals surface area (Å²) in [6.45, 7) is 0. The molecule has 0 aliphatic heterocycles. The first-order valence-corrected chi connectivity index (χ1v) is 6.36. The van der Waals surface area contributed by atoms with E-state index in [0.717, 1.165) is 0 Å². The van der Waals surface area contributed by atoms with Crippen molar-refractivity contribution < 1.29 is 14.1 Å². The largest absolute Gasteiger partial charge is 0.278 e. The van der Waals surface area contributed by atoms with E-state index in [4.69, 9.17) is 0 Å². The number of nitrogens with one attached hydrogen (secondary N) is 1. The molecule has 0 radical (unpaired) electrons. The molecule has 6 nitrogen and oxygen atoms in total. The summed E-state index contributed by atoms with van der Waals surface area (Å²) in [6, 6.07) is 11.6. The number of nitro groups is 1. The highest BCUT2D eigenvalue weighted by Gasteiger charge is 2.10. The fourth-order valence-electron chi connectivity index (χ4n) is 1.76. The van der Waals surface area contributed by atoms with Crippen LogP contribution < -0.4 is 5.43 Å². The second-order valence-electron chi connectivity index (χ2n) is 4.41. The van der Waals surface area contributed by atoms with Gasteiger partial charge in [0.15, 0.2) is 0 Å². The van der Waals surface area contributed by atoms with Crippen molar-refractivity contribution in [1.82, 2.24) is 5.43 Å². The van der Waals surface area contributed by atoms with E-state index in [9.17, 15) is 19.3 Å². The fourth-order valence-corrected chi connectivity index (χ4v) is 1.76. The van der Waals surface area contributed by atoms with E-state index < -0.39 is 10.8 Å². The van der Waals surface area contributed by atoms with Gasteiger partial charge in [0.2, 0.25) is 5.91 Å². The van der Waals surface area contributed by atoms with Crippen molar-refractivity contribution in [3.05, 3.63) is 75.6 Å². The van der Waals surface area contributed by atoms with Gasteiger partial charge in [-0.25, -0.2) is 9.82 Å². The zero-order chi connectivity index (χ0) is 15.9. The topological polar surface area (TPSA) is 84.6 Å². The molecule has 2 rings (SSSR count). The maximum absolute atomic E-state index is 12.7. The van der Waals surface area contributed by atoms with Crippen LogP contribution in [0.2, 0.25) is 0 Å². The maximum atomic E-state index is 12.7. The number of carbonyl (C=O) groups excluding carboxylic acids is 1. The molecule has 1 N–H and O–H groups in total. The van der Waals surface area contributed by atoms with Gasteiger partial charge in [-0.15, -0.1) is 0 Å². The predicted molar refractivity (Wildman–Crippen MR) is 78.9 cm³/mol. The summed E-state index contributed by atoms with van der Waals surface area (Å²) in [4.78, 5) is 21.9. The van der Waals surface area contributed by atoms with Crippen molar-refractivity contribution >= 4 is 17.8 Å². The van der Waals surface area contributed by atoms with Crippen molar-refractivity contribution in [3.8, 4) is 0 Å². The van der Waals surface area contributed by atoms with Crippen molar-refractivity contribution in [3.63, 3.8) is 0 Å². The maximum Gasteiger partial charge on any atom is 0.278 e. The number of amides is 1. The van der Waals surface area contributed by atoms with Crippen LogP contribution in [0.1, 0.15) is 11.1 Å². The SMILES string of the molecule is O=C(Cc1ccc(F)cc1)N/N=C\c1ccccc1[N+](=O)[O-]. The summed E-state index contributed by atoms with van der Waals surface area (Å²) in [5.74, 6) is -0.778. The standard InChI is InChI=1S/C15H12FN3O3/c16-13-7-5-11(6-8-13)9-15(20)18-17-10-12-3-1-2-4-14(12)19(21)22/h1-8,10H,9H2,(H,18,20)/b17-10-. The first-order chi connectivity index (χ1) is 10.6. The van der Waals surface area contributed by atoms with Crippen LogP contribution in [0, 0.1) is 15.9 Å². The van der Waals surface area contributed by atoms with Gasteiger partial charge >= 0.3 is 0 Å². The third-order valence-corrected chi connectivity index (χ3v) is 2.80. The highest BCUT2D eigenvalue weighted by Crippen LogP contribution is 2.15. The normalized spacial score (nSPS) is 10.6. The molecule has 0 aromatic heterocycles. The number of hydrogen-bond donors (Lipinski definition) is 1. The Kier molecular flexibility index (Phi) is 4.92. The van der Waals surface area contributed by atoms with Gasteiger partial charge in [0, 0.05) is 6.07 Å². The molecular weight excluding hydrogens is 289 g/mol. The average molecular weight is 301 g/mol. The van der Waals surface area contributed by atoms with Crippen molar-refractivity contribution in [1.29, 1.82) is 0 Å². The lowest BCUT2D eigenvalue weighted by atomic mass is 10.1. The number of nitrogens with zero attached hydrogens (tertiary/aromatic N) is 2. The van der Waals surface area contributed by atoms with Gasteiger partial charge in [-0.2, -0.15) is 5.10 Å². The van der Waals surface area contributed by atoms with Gasteiger partial charge < -0.3 is 0 Å². The van der Waals surface area contributed by atoms with E-state index >= 15 is 0 Å². The summed E-state index contributed by atoms with van der Waals surface area (Å²) in [6.07, 6.45) is 1.25. The smallest absolute Gasteiger partial charge is 0.273 e. The van der Waals surface area contributed by atoms with E-state index in [0.29, 0.717) is 5.56 Å². The minimum absolute atomic E-state index is 0.0362. The van der Waals surface area contributed by atoms with E-state index in [1.807, 2.05) is 0 Å². The molecule has 0 bridgehead atoms. The van der Waals surface area contributed by atoms with E-state index in [2.05, 4.69) is 10.5 Å². The molecule has 0 spiro atoms. The Bertz CT molecular complexity index is 714. The Labute approximate surface area is 125 Å². The highest BCUT2D eigenvalue weighted by atomic mass is 19.1. The second kappa shape index (κ2) is 7.07. The van der Waals surface area contributed by atoms with E-state index in [1.54, 1.807) is 12.1 Å². The van der Waals surface area contributed by atoms with Gasteiger partial charge in [0.25, 0.3) is 5.69 Å². The van der Waals surface area contributed by atoms with Crippen LogP contribution in [0.15, 0.2) is 53.6 Å². The summed E-state index contributed by atoms with van der Waals surface area (Å²) in [7, 11) is 0. The highest BCUT2D eigenvalue weighted by molar-refractivity contribution is 5.86. The molecule has 2 aromatic rings. The number of hydrazone groups is 1. The number of benzene rings is 2. The van der Waals surface area contributed by atoms with Crippen LogP contribution in [0.4, 0.5) is 10.1 Å². The molecule has 0 heterocycles. The predicted octanol–water partition coefficient (Wildman–Crippen LogP) is 2.43. The number of carbonyl (C=O) groups is 1. The Hall–Kier alpha value is -3.09. The zero-order valence-electron chi connectivity index (χ0n) is 11.4. The number of nitro benzene ring substituents is 1. The van der Waals surface area contributed by atoms with Crippen molar-refractivity contribution in [2.45, 2.75) is 6.42 Å². The fraction of sp³-hybridized carbons (Fsp3) is 0.0667. The molecule has 0 unspecified atom stereocenters. The lowest BCUT2D eigenvalue weighted by molar-refractivity contribution is -0.385. The van der Waals surface area contributed by atoms with E-state index in [1.165, 1.54) is 42.6 Å².